The van der Waals surface area contributed by atoms with Crippen molar-refractivity contribution in [3.05, 3.63) is 18.0 Å². The van der Waals surface area contributed by atoms with Crippen LogP contribution in [0, 0.1) is 0 Å². The SMILES string of the molecule is COC(C)(C)CNCc1ccnn1C. The van der Waals surface area contributed by atoms with Crippen molar-refractivity contribution in [2.24, 2.45) is 7.05 Å². The number of aromatic nitrogens is 2. The summed E-state index contributed by atoms with van der Waals surface area (Å²) in [5.74, 6) is 0. The lowest BCUT2D eigenvalue weighted by Crippen LogP contribution is -2.36. The highest BCUT2D eigenvalue weighted by atomic mass is 16.5. The van der Waals surface area contributed by atoms with Gasteiger partial charge in [0.05, 0.1) is 11.3 Å². The largest absolute Gasteiger partial charge is 0.377 e. The van der Waals surface area contributed by atoms with Crippen molar-refractivity contribution in [1.82, 2.24) is 15.1 Å². The van der Waals surface area contributed by atoms with E-state index < -0.39 is 0 Å². The molecule has 0 saturated heterocycles. The van der Waals surface area contributed by atoms with E-state index >= 15 is 0 Å². The van der Waals surface area contributed by atoms with Crippen LogP contribution in [0.1, 0.15) is 19.5 Å². The lowest BCUT2D eigenvalue weighted by atomic mass is 10.1. The molecule has 1 aromatic heterocycles. The third-order valence-corrected chi connectivity index (χ3v) is 2.33. The molecule has 0 amide bonds. The van der Waals surface area contributed by atoms with Gasteiger partial charge in [-0.25, -0.2) is 0 Å². The third-order valence-electron chi connectivity index (χ3n) is 2.33. The second-order valence-electron chi connectivity index (χ2n) is 4.01. The van der Waals surface area contributed by atoms with Crippen LogP contribution in [0.5, 0.6) is 0 Å². The Hall–Kier alpha value is -0.870. The first-order valence-electron chi connectivity index (χ1n) is 4.78. The number of nitrogens with zero attached hydrogens (tertiary/aromatic N) is 2. The van der Waals surface area contributed by atoms with E-state index in [1.165, 1.54) is 5.69 Å². The predicted octanol–water partition coefficient (Wildman–Crippen LogP) is 0.935. The predicted molar refractivity (Wildman–Crippen MR) is 56.0 cm³/mol. The van der Waals surface area contributed by atoms with Crippen LogP contribution < -0.4 is 5.32 Å². The number of rotatable bonds is 5. The number of ether oxygens (including phenoxy) is 1. The van der Waals surface area contributed by atoms with Crippen LogP contribution in [0.15, 0.2) is 12.3 Å². The summed E-state index contributed by atoms with van der Waals surface area (Å²) >= 11 is 0. The van der Waals surface area contributed by atoms with Gasteiger partial charge in [-0.05, 0) is 19.9 Å². The minimum absolute atomic E-state index is 0.113. The van der Waals surface area contributed by atoms with E-state index in [2.05, 4.69) is 24.3 Å². The highest BCUT2D eigenvalue weighted by molar-refractivity contribution is 4.99. The van der Waals surface area contributed by atoms with Crippen LogP contribution in [-0.2, 0) is 18.3 Å². The Balaban J connectivity index is 2.32. The molecule has 0 fully saturated rings. The number of methoxy groups -OCH3 is 1. The third kappa shape index (κ3) is 3.12. The molecule has 0 saturated carbocycles. The molecule has 80 valence electrons. The molecule has 14 heavy (non-hydrogen) atoms. The Bertz CT molecular complexity index is 281. The first kappa shape index (κ1) is 11.2. The van der Waals surface area contributed by atoms with E-state index in [9.17, 15) is 0 Å². The Morgan fingerprint density at radius 3 is 2.79 bits per heavy atom. The van der Waals surface area contributed by atoms with Crippen molar-refractivity contribution in [2.75, 3.05) is 13.7 Å². The molecule has 1 N–H and O–H groups in total. The summed E-state index contributed by atoms with van der Waals surface area (Å²) < 4.78 is 7.17. The van der Waals surface area contributed by atoms with Gasteiger partial charge in [-0.1, -0.05) is 0 Å². The van der Waals surface area contributed by atoms with Crippen molar-refractivity contribution in [1.29, 1.82) is 0 Å². The van der Waals surface area contributed by atoms with Crippen molar-refractivity contribution in [3.63, 3.8) is 0 Å². The molecule has 0 atom stereocenters. The lowest BCUT2D eigenvalue weighted by molar-refractivity contribution is 0.0229. The summed E-state index contributed by atoms with van der Waals surface area (Å²) in [7, 11) is 3.67. The first-order chi connectivity index (χ1) is 6.55. The average molecular weight is 197 g/mol. The van der Waals surface area contributed by atoms with Gasteiger partial charge in [0, 0.05) is 33.4 Å². The zero-order chi connectivity index (χ0) is 10.6. The normalized spacial score (nSPS) is 12.0. The summed E-state index contributed by atoms with van der Waals surface area (Å²) in [6.45, 7) is 5.77. The van der Waals surface area contributed by atoms with Crippen molar-refractivity contribution in [2.45, 2.75) is 26.0 Å². The van der Waals surface area contributed by atoms with Crippen LogP contribution in [0.2, 0.25) is 0 Å². The van der Waals surface area contributed by atoms with Gasteiger partial charge < -0.3 is 10.1 Å². The van der Waals surface area contributed by atoms with E-state index in [4.69, 9.17) is 4.74 Å². The molecule has 4 heteroatoms. The topological polar surface area (TPSA) is 39.1 Å². The zero-order valence-corrected chi connectivity index (χ0v) is 9.37. The van der Waals surface area contributed by atoms with Gasteiger partial charge in [0.15, 0.2) is 0 Å². The van der Waals surface area contributed by atoms with Crippen LogP contribution in [0.4, 0.5) is 0 Å². The maximum Gasteiger partial charge on any atom is 0.0746 e. The average Bonchev–Trinajstić information content (AvgIpc) is 2.52. The van der Waals surface area contributed by atoms with Crippen LogP contribution in [-0.4, -0.2) is 29.0 Å². The summed E-state index contributed by atoms with van der Waals surface area (Å²) in [5, 5.41) is 7.43. The second-order valence-corrected chi connectivity index (χ2v) is 4.01. The molecule has 0 aromatic carbocycles. The quantitative estimate of drug-likeness (QED) is 0.763. The second kappa shape index (κ2) is 4.57. The Morgan fingerprint density at radius 1 is 1.57 bits per heavy atom. The highest BCUT2D eigenvalue weighted by Crippen LogP contribution is 2.05. The molecular weight excluding hydrogens is 178 g/mol. The number of nitrogens with one attached hydrogen (secondary N) is 1. The van der Waals surface area contributed by atoms with E-state index in [0.717, 1.165) is 13.1 Å². The van der Waals surface area contributed by atoms with E-state index in [1.54, 1.807) is 13.3 Å². The standard InChI is InChI=1S/C10H19N3O/c1-10(2,14-4)8-11-7-9-5-6-12-13(9)3/h5-6,11H,7-8H2,1-4H3. The summed E-state index contributed by atoms with van der Waals surface area (Å²) in [5.41, 5.74) is 1.07. The van der Waals surface area contributed by atoms with Crippen LogP contribution in [0.25, 0.3) is 0 Å². The Labute approximate surface area is 85.3 Å². The van der Waals surface area contributed by atoms with Crippen molar-refractivity contribution >= 4 is 0 Å². The fourth-order valence-electron chi connectivity index (χ4n) is 1.14. The minimum atomic E-state index is -0.113. The van der Waals surface area contributed by atoms with Gasteiger partial charge in [-0.2, -0.15) is 5.10 Å². The lowest BCUT2D eigenvalue weighted by Gasteiger charge is -2.23. The zero-order valence-electron chi connectivity index (χ0n) is 9.37. The molecule has 1 rings (SSSR count). The fourth-order valence-corrected chi connectivity index (χ4v) is 1.14. The molecule has 0 aliphatic heterocycles. The number of hydrogen-bond donors (Lipinski definition) is 1. The molecule has 0 aliphatic rings. The molecule has 0 spiro atoms. The Morgan fingerprint density at radius 2 is 2.29 bits per heavy atom. The Kier molecular flexibility index (Phi) is 3.66. The molecule has 0 aliphatic carbocycles. The highest BCUT2D eigenvalue weighted by Gasteiger charge is 2.15. The smallest absolute Gasteiger partial charge is 0.0746 e. The van der Waals surface area contributed by atoms with E-state index in [1.807, 2.05) is 17.8 Å². The van der Waals surface area contributed by atoms with Gasteiger partial charge in [-0.3, -0.25) is 4.68 Å². The van der Waals surface area contributed by atoms with Crippen LogP contribution in [0.3, 0.4) is 0 Å². The summed E-state index contributed by atoms with van der Waals surface area (Å²) in [6, 6.07) is 2.01. The maximum absolute atomic E-state index is 5.30. The van der Waals surface area contributed by atoms with Crippen LogP contribution >= 0.6 is 0 Å². The van der Waals surface area contributed by atoms with Crippen molar-refractivity contribution in [3.8, 4) is 0 Å². The molecule has 0 bridgehead atoms. The van der Waals surface area contributed by atoms with Gasteiger partial charge in [-0.15, -0.1) is 0 Å². The molecule has 4 nitrogen and oxygen atoms in total. The van der Waals surface area contributed by atoms with E-state index in [0.29, 0.717) is 0 Å². The number of aryl methyl sites for hydroxylation is 1. The van der Waals surface area contributed by atoms with Gasteiger partial charge >= 0.3 is 0 Å². The van der Waals surface area contributed by atoms with Crippen molar-refractivity contribution < 1.29 is 4.74 Å². The molecule has 0 unspecified atom stereocenters. The van der Waals surface area contributed by atoms with Gasteiger partial charge in [0.2, 0.25) is 0 Å². The minimum Gasteiger partial charge on any atom is -0.377 e. The number of hydrogen-bond acceptors (Lipinski definition) is 3. The fraction of sp³-hybridized carbons (Fsp3) is 0.700. The summed E-state index contributed by atoms with van der Waals surface area (Å²) in [6.07, 6.45) is 1.80. The molecule has 1 heterocycles. The van der Waals surface area contributed by atoms with Gasteiger partial charge in [0.1, 0.15) is 0 Å². The maximum atomic E-state index is 5.30. The van der Waals surface area contributed by atoms with E-state index in [-0.39, 0.29) is 5.60 Å². The monoisotopic (exact) mass is 197 g/mol. The van der Waals surface area contributed by atoms with Gasteiger partial charge in [0.25, 0.3) is 0 Å². The molecular formula is C10H19N3O. The molecule has 0 radical (unpaired) electrons. The molecule has 1 aromatic rings. The first-order valence-corrected chi connectivity index (χ1v) is 4.78. The summed E-state index contributed by atoms with van der Waals surface area (Å²) in [4.78, 5) is 0.